The van der Waals surface area contributed by atoms with Crippen molar-refractivity contribution in [1.29, 1.82) is 0 Å². The third kappa shape index (κ3) is 4.40. The number of anilines is 1. The van der Waals surface area contributed by atoms with Crippen LogP contribution in [-0.4, -0.2) is 47.7 Å². The molecule has 0 saturated carbocycles. The number of thioether (sulfide) groups is 1. The van der Waals surface area contributed by atoms with E-state index in [9.17, 15) is 8.78 Å². The van der Waals surface area contributed by atoms with E-state index < -0.39 is 6.61 Å². The van der Waals surface area contributed by atoms with Gasteiger partial charge in [-0.25, -0.2) is 0 Å². The highest BCUT2D eigenvalue weighted by molar-refractivity contribution is 7.99. The quantitative estimate of drug-likeness (QED) is 0.729. The van der Waals surface area contributed by atoms with E-state index in [4.69, 9.17) is 4.74 Å². The molecule has 1 aromatic heterocycles. The van der Waals surface area contributed by atoms with Gasteiger partial charge in [-0.3, -0.25) is 4.57 Å². The zero-order chi connectivity index (χ0) is 17.8. The lowest BCUT2D eigenvalue weighted by Gasteiger charge is -2.27. The van der Waals surface area contributed by atoms with Gasteiger partial charge in [0.2, 0.25) is 5.95 Å². The van der Waals surface area contributed by atoms with Gasteiger partial charge < -0.3 is 14.4 Å². The number of hydrogen-bond acceptors (Lipinski definition) is 6. The molecule has 2 heterocycles. The van der Waals surface area contributed by atoms with E-state index in [2.05, 4.69) is 19.8 Å². The summed E-state index contributed by atoms with van der Waals surface area (Å²) in [5, 5.41) is 9.48. The molecule has 25 heavy (non-hydrogen) atoms. The Hall–Kier alpha value is -1.87. The van der Waals surface area contributed by atoms with Crippen molar-refractivity contribution >= 4 is 17.7 Å². The number of nitrogens with zero attached hydrogens (tertiary/aromatic N) is 4. The maximum absolute atomic E-state index is 12.2. The Balaban J connectivity index is 1.66. The minimum absolute atomic E-state index is 0.0982. The monoisotopic (exact) mass is 370 g/mol. The number of ether oxygens (including phenoxy) is 2. The van der Waals surface area contributed by atoms with Crippen LogP contribution in [0.25, 0.3) is 0 Å². The van der Waals surface area contributed by atoms with E-state index in [-0.39, 0.29) is 11.0 Å². The smallest absolute Gasteiger partial charge is 0.387 e. The molecule has 1 fully saturated rings. The van der Waals surface area contributed by atoms with Crippen LogP contribution in [0.1, 0.15) is 17.7 Å². The Morgan fingerprint density at radius 2 is 1.84 bits per heavy atom. The molecular weight excluding hydrogens is 350 g/mol. The van der Waals surface area contributed by atoms with Crippen LogP contribution in [0.3, 0.4) is 0 Å². The van der Waals surface area contributed by atoms with Crippen LogP contribution in [0.5, 0.6) is 5.75 Å². The van der Waals surface area contributed by atoms with Gasteiger partial charge >= 0.3 is 6.61 Å². The van der Waals surface area contributed by atoms with Gasteiger partial charge in [0, 0.05) is 25.4 Å². The summed E-state index contributed by atoms with van der Waals surface area (Å²) in [6.07, 6.45) is 0. The molecule has 0 spiro atoms. The SMILES string of the molecule is CC(Sc1nnc(N2CCOCC2)n1C)c1ccc(OC(F)F)cc1. The van der Waals surface area contributed by atoms with Crippen molar-refractivity contribution < 1.29 is 18.3 Å². The number of aromatic nitrogens is 3. The molecule has 1 saturated heterocycles. The highest BCUT2D eigenvalue weighted by Gasteiger charge is 2.20. The first-order valence-electron chi connectivity index (χ1n) is 7.98. The summed E-state index contributed by atoms with van der Waals surface area (Å²) in [6.45, 7) is 2.22. The van der Waals surface area contributed by atoms with Gasteiger partial charge in [-0.15, -0.1) is 10.2 Å². The van der Waals surface area contributed by atoms with Crippen molar-refractivity contribution in [3.8, 4) is 5.75 Å². The second-order valence-corrected chi connectivity index (χ2v) is 6.96. The predicted molar refractivity (Wildman–Crippen MR) is 91.4 cm³/mol. The molecule has 0 N–H and O–H groups in total. The van der Waals surface area contributed by atoms with Crippen LogP contribution in [0.4, 0.5) is 14.7 Å². The fourth-order valence-electron chi connectivity index (χ4n) is 2.59. The third-order valence-corrected chi connectivity index (χ3v) is 5.15. The first-order chi connectivity index (χ1) is 12.0. The van der Waals surface area contributed by atoms with E-state index in [1.54, 1.807) is 36.0 Å². The standard InChI is InChI=1S/C16H20F2N4O2S/c1-11(12-3-5-13(6-4-12)24-14(17)18)25-16-20-19-15(21(16)2)22-7-9-23-10-8-22/h3-6,11,14H,7-10H2,1-2H3. The van der Waals surface area contributed by atoms with Crippen LogP contribution in [-0.2, 0) is 11.8 Å². The average molecular weight is 370 g/mol. The van der Waals surface area contributed by atoms with E-state index >= 15 is 0 Å². The molecule has 9 heteroatoms. The number of rotatable bonds is 6. The van der Waals surface area contributed by atoms with Crippen LogP contribution in [0.2, 0.25) is 0 Å². The fraction of sp³-hybridized carbons (Fsp3) is 0.500. The number of alkyl halides is 2. The van der Waals surface area contributed by atoms with E-state index in [0.29, 0.717) is 13.2 Å². The first kappa shape index (κ1) is 17.9. The maximum atomic E-state index is 12.2. The first-order valence-corrected chi connectivity index (χ1v) is 8.86. The van der Waals surface area contributed by atoms with Crippen molar-refractivity contribution in [3.05, 3.63) is 29.8 Å². The molecule has 1 aliphatic heterocycles. The van der Waals surface area contributed by atoms with Gasteiger partial charge in [-0.05, 0) is 24.6 Å². The molecule has 0 amide bonds. The minimum atomic E-state index is -2.81. The molecular formula is C16H20F2N4O2S. The summed E-state index contributed by atoms with van der Waals surface area (Å²) in [5.41, 5.74) is 1.00. The second-order valence-electron chi connectivity index (χ2n) is 5.65. The molecule has 136 valence electrons. The molecule has 6 nitrogen and oxygen atoms in total. The Morgan fingerprint density at radius 3 is 2.48 bits per heavy atom. The van der Waals surface area contributed by atoms with Gasteiger partial charge in [0.1, 0.15) is 5.75 Å². The second kappa shape index (κ2) is 8.01. The van der Waals surface area contributed by atoms with Crippen molar-refractivity contribution in [2.75, 3.05) is 31.2 Å². The van der Waals surface area contributed by atoms with Crippen molar-refractivity contribution in [2.24, 2.45) is 7.05 Å². The normalized spacial score (nSPS) is 16.3. The molecule has 1 aromatic carbocycles. The van der Waals surface area contributed by atoms with Crippen LogP contribution >= 0.6 is 11.8 Å². The minimum Gasteiger partial charge on any atom is -0.435 e. The molecule has 2 aromatic rings. The fourth-order valence-corrected chi connectivity index (χ4v) is 3.53. The Labute approximate surface area is 149 Å². The molecule has 1 atom stereocenters. The number of hydrogen-bond donors (Lipinski definition) is 0. The highest BCUT2D eigenvalue weighted by Crippen LogP contribution is 2.35. The third-order valence-electron chi connectivity index (χ3n) is 3.96. The summed E-state index contributed by atoms with van der Waals surface area (Å²) in [5.74, 6) is 0.989. The molecule has 0 aliphatic carbocycles. The Bertz CT molecular complexity index is 690. The van der Waals surface area contributed by atoms with Gasteiger partial charge in [0.15, 0.2) is 5.16 Å². The predicted octanol–water partition coefficient (Wildman–Crippen LogP) is 3.11. The average Bonchev–Trinajstić information content (AvgIpc) is 2.96. The lowest BCUT2D eigenvalue weighted by atomic mass is 10.2. The summed E-state index contributed by atoms with van der Waals surface area (Å²) in [7, 11) is 1.94. The van der Waals surface area contributed by atoms with Crippen molar-refractivity contribution in [1.82, 2.24) is 14.8 Å². The number of morpholine rings is 1. The van der Waals surface area contributed by atoms with E-state index in [1.807, 2.05) is 18.5 Å². The van der Waals surface area contributed by atoms with Crippen molar-refractivity contribution in [3.63, 3.8) is 0 Å². The molecule has 1 aliphatic rings. The maximum Gasteiger partial charge on any atom is 0.387 e. The molecule has 1 unspecified atom stereocenters. The lowest BCUT2D eigenvalue weighted by Crippen LogP contribution is -2.37. The van der Waals surface area contributed by atoms with Gasteiger partial charge in [-0.1, -0.05) is 23.9 Å². The summed E-state index contributed by atoms with van der Waals surface area (Å²) < 4.78 is 36.1. The summed E-state index contributed by atoms with van der Waals surface area (Å²) in [4.78, 5) is 2.15. The number of benzene rings is 1. The molecule has 3 rings (SSSR count). The highest BCUT2D eigenvalue weighted by atomic mass is 32.2. The Morgan fingerprint density at radius 1 is 1.16 bits per heavy atom. The topological polar surface area (TPSA) is 52.4 Å². The van der Waals surface area contributed by atoms with Gasteiger partial charge in [0.25, 0.3) is 0 Å². The summed E-state index contributed by atoms with van der Waals surface area (Å²) in [6, 6.07) is 6.67. The zero-order valence-electron chi connectivity index (χ0n) is 14.1. The molecule has 0 bridgehead atoms. The van der Waals surface area contributed by atoms with Crippen LogP contribution < -0.4 is 9.64 Å². The van der Waals surface area contributed by atoms with Crippen LogP contribution in [0, 0.1) is 0 Å². The van der Waals surface area contributed by atoms with Gasteiger partial charge in [-0.2, -0.15) is 8.78 Å². The van der Waals surface area contributed by atoms with Crippen LogP contribution in [0.15, 0.2) is 29.4 Å². The molecule has 0 radical (unpaired) electrons. The lowest BCUT2D eigenvalue weighted by molar-refractivity contribution is -0.0498. The van der Waals surface area contributed by atoms with Gasteiger partial charge in [0.05, 0.1) is 13.2 Å². The van der Waals surface area contributed by atoms with E-state index in [1.165, 1.54) is 0 Å². The Kier molecular flexibility index (Phi) is 5.74. The largest absolute Gasteiger partial charge is 0.435 e. The number of halogens is 2. The summed E-state index contributed by atoms with van der Waals surface area (Å²) >= 11 is 1.57. The zero-order valence-corrected chi connectivity index (χ0v) is 14.9. The van der Waals surface area contributed by atoms with E-state index in [0.717, 1.165) is 29.8 Å². The van der Waals surface area contributed by atoms with Crippen molar-refractivity contribution in [2.45, 2.75) is 23.9 Å².